The number of phenolic OH excluding ortho intramolecular Hbond substituents is 1. The fourth-order valence-electron chi connectivity index (χ4n) is 1.19. The molecule has 0 aliphatic carbocycles. The predicted octanol–water partition coefficient (Wildman–Crippen LogP) is 0.0387. The molecular weight excluding hydrogens is 196 g/mol. The summed E-state index contributed by atoms with van der Waals surface area (Å²) in [5.41, 5.74) is 6.15. The number of carbonyl (C=O) groups excluding carboxylic acids is 1. The fraction of sp³-hybridized carbons (Fsp3) is 0.300. The van der Waals surface area contributed by atoms with E-state index >= 15 is 0 Å². The van der Waals surface area contributed by atoms with Gasteiger partial charge in [-0.25, -0.2) is 0 Å². The number of phenols is 1. The quantitative estimate of drug-likeness (QED) is 0.485. The molecule has 1 amide bonds. The van der Waals surface area contributed by atoms with Crippen molar-refractivity contribution in [2.45, 2.75) is 0 Å². The van der Waals surface area contributed by atoms with Crippen molar-refractivity contribution in [3.05, 3.63) is 23.8 Å². The van der Waals surface area contributed by atoms with Crippen molar-refractivity contribution in [1.82, 2.24) is 4.90 Å². The van der Waals surface area contributed by atoms with Crippen LogP contribution in [0, 0.1) is 0 Å². The monoisotopic (exact) mass is 210 g/mol. The molecule has 0 aliphatic heterocycles. The van der Waals surface area contributed by atoms with Crippen molar-refractivity contribution in [1.29, 1.82) is 0 Å². The Bertz CT molecular complexity index is 366. The van der Waals surface area contributed by atoms with Crippen LogP contribution in [0.25, 0.3) is 0 Å². The third kappa shape index (κ3) is 2.60. The van der Waals surface area contributed by atoms with Gasteiger partial charge in [-0.1, -0.05) is 0 Å². The lowest BCUT2D eigenvalue weighted by Gasteiger charge is -2.16. The number of hydrogen-bond acceptors (Lipinski definition) is 4. The van der Waals surface area contributed by atoms with Crippen LogP contribution in [-0.2, 0) is 0 Å². The summed E-state index contributed by atoms with van der Waals surface area (Å²) in [5, 5.41) is 17.9. The molecule has 5 heteroatoms. The third-order valence-electron chi connectivity index (χ3n) is 2.05. The largest absolute Gasteiger partial charge is 0.508 e. The van der Waals surface area contributed by atoms with Crippen LogP contribution in [-0.4, -0.2) is 41.2 Å². The molecule has 0 bridgehead atoms. The van der Waals surface area contributed by atoms with E-state index in [1.165, 1.54) is 23.1 Å². The number of carbonyl (C=O) groups is 1. The average Bonchev–Trinajstić information content (AvgIpc) is 2.21. The van der Waals surface area contributed by atoms with Crippen LogP contribution in [0.1, 0.15) is 10.4 Å². The van der Waals surface area contributed by atoms with Crippen LogP contribution in [0.15, 0.2) is 18.2 Å². The van der Waals surface area contributed by atoms with E-state index in [2.05, 4.69) is 0 Å². The number of nitrogen functional groups attached to an aromatic ring is 1. The summed E-state index contributed by atoms with van der Waals surface area (Å²) < 4.78 is 0. The Balaban J connectivity index is 2.95. The standard InChI is InChI=1S/C10H14N2O3/c1-12(4-5-13)10(15)8-6-7(14)2-3-9(8)11/h2-3,6,13-14H,4-5,11H2,1H3. The molecule has 0 atom stereocenters. The lowest BCUT2D eigenvalue weighted by Crippen LogP contribution is -2.30. The summed E-state index contributed by atoms with van der Waals surface area (Å²) in [4.78, 5) is 13.1. The Labute approximate surface area is 87.7 Å². The summed E-state index contributed by atoms with van der Waals surface area (Å²) in [6.45, 7) is 0.120. The molecule has 0 spiro atoms. The number of aliphatic hydroxyl groups is 1. The maximum atomic E-state index is 11.7. The highest BCUT2D eigenvalue weighted by Gasteiger charge is 2.14. The summed E-state index contributed by atoms with van der Waals surface area (Å²) in [6.07, 6.45) is 0. The topological polar surface area (TPSA) is 86.8 Å². The first kappa shape index (κ1) is 11.3. The Morgan fingerprint density at radius 1 is 1.53 bits per heavy atom. The molecule has 0 unspecified atom stereocenters. The first-order valence-electron chi connectivity index (χ1n) is 4.51. The van der Waals surface area contributed by atoms with Crippen LogP contribution in [0.5, 0.6) is 5.75 Å². The number of anilines is 1. The Hall–Kier alpha value is -1.75. The first-order valence-corrected chi connectivity index (χ1v) is 4.51. The number of aromatic hydroxyl groups is 1. The van der Waals surface area contributed by atoms with Crippen molar-refractivity contribution < 1.29 is 15.0 Å². The van der Waals surface area contributed by atoms with Gasteiger partial charge in [0.2, 0.25) is 0 Å². The predicted molar refractivity (Wildman–Crippen MR) is 56.6 cm³/mol. The van der Waals surface area contributed by atoms with Gasteiger partial charge >= 0.3 is 0 Å². The summed E-state index contributed by atoms with van der Waals surface area (Å²) >= 11 is 0. The van der Waals surface area contributed by atoms with Crippen LogP contribution in [0.4, 0.5) is 5.69 Å². The van der Waals surface area contributed by atoms with Gasteiger partial charge in [-0.05, 0) is 18.2 Å². The van der Waals surface area contributed by atoms with Gasteiger partial charge in [0.1, 0.15) is 5.75 Å². The second-order valence-electron chi connectivity index (χ2n) is 3.22. The number of nitrogens with two attached hydrogens (primary N) is 1. The molecule has 0 aromatic heterocycles. The van der Waals surface area contributed by atoms with E-state index < -0.39 is 0 Å². The smallest absolute Gasteiger partial charge is 0.255 e. The Morgan fingerprint density at radius 2 is 2.20 bits per heavy atom. The first-order chi connectivity index (χ1) is 7.06. The molecule has 1 aromatic rings. The maximum absolute atomic E-state index is 11.7. The molecule has 0 heterocycles. The average molecular weight is 210 g/mol. The van der Waals surface area contributed by atoms with E-state index in [-0.39, 0.29) is 30.4 Å². The number of likely N-dealkylation sites (N-methyl/N-ethyl adjacent to an activating group) is 1. The minimum Gasteiger partial charge on any atom is -0.508 e. The number of hydrogen-bond donors (Lipinski definition) is 3. The van der Waals surface area contributed by atoms with E-state index in [0.717, 1.165) is 0 Å². The molecule has 1 aromatic carbocycles. The van der Waals surface area contributed by atoms with Crippen molar-refractivity contribution >= 4 is 11.6 Å². The van der Waals surface area contributed by atoms with Crippen molar-refractivity contribution in [3.8, 4) is 5.75 Å². The van der Waals surface area contributed by atoms with Crippen LogP contribution in [0.3, 0.4) is 0 Å². The Morgan fingerprint density at radius 3 is 2.80 bits per heavy atom. The highest BCUT2D eigenvalue weighted by Crippen LogP contribution is 2.19. The highest BCUT2D eigenvalue weighted by atomic mass is 16.3. The normalized spacial score (nSPS) is 10.0. The van der Waals surface area contributed by atoms with Gasteiger partial charge in [0.15, 0.2) is 0 Å². The molecule has 1 rings (SSSR count). The number of rotatable bonds is 3. The second-order valence-corrected chi connectivity index (χ2v) is 3.22. The lowest BCUT2D eigenvalue weighted by molar-refractivity contribution is 0.0767. The maximum Gasteiger partial charge on any atom is 0.255 e. The summed E-state index contributed by atoms with van der Waals surface area (Å²) in [7, 11) is 1.56. The minimum atomic E-state index is -0.322. The third-order valence-corrected chi connectivity index (χ3v) is 2.05. The number of nitrogens with zero attached hydrogens (tertiary/aromatic N) is 1. The minimum absolute atomic E-state index is 0.00931. The van der Waals surface area contributed by atoms with Gasteiger partial charge in [-0.3, -0.25) is 4.79 Å². The fourth-order valence-corrected chi connectivity index (χ4v) is 1.19. The number of benzene rings is 1. The molecule has 4 N–H and O–H groups in total. The lowest BCUT2D eigenvalue weighted by atomic mass is 10.1. The molecule has 0 saturated carbocycles. The van der Waals surface area contributed by atoms with Gasteiger partial charge in [0.25, 0.3) is 5.91 Å². The van der Waals surface area contributed by atoms with E-state index in [1.54, 1.807) is 7.05 Å². The molecule has 0 aliphatic rings. The van der Waals surface area contributed by atoms with Crippen molar-refractivity contribution in [3.63, 3.8) is 0 Å². The zero-order valence-corrected chi connectivity index (χ0v) is 8.47. The number of aliphatic hydroxyl groups excluding tert-OH is 1. The molecule has 0 fully saturated rings. The SMILES string of the molecule is CN(CCO)C(=O)c1cc(O)ccc1N. The molecular formula is C10H14N2O3. The van der Waals surface area contributed by atoms with Gasteiger partial charge in [0.05, 0.1) is 12.2 Å². The van der Waals surface area contributed by atoms with Crippen LogP contribution >= 0.6 is 0 Å². The van der Waals surface area contributed by atoms with Crippen molar-refractivity contribution in [2.75, 3.05) is 25.9 Å². The summed E-state index contributed by atoms with van der Waals surface area (Å²) in [6, 6.07) is 4.19. The second kappa shape index (κ2) is 4.65. The molecule has 82 valence electrons. The van der Waals surface area contributed by atoms with Gasteiger partial charge < -0.3 is 20.8 Å². The van der Waals surface area contributed by atoms with Crippen molar-refractivity contribution in [2.24, 2.45) is 0 Å². The summed E-state index contributed by atoms with van der Waals surface area (Å²) in [5.74, 6) is -0.331. The van der Waals surface area contributed by atoms with E-state index in [0.29, 0.717) is 5.69 Å². The van der Waals surface area contributed by atoms with E-state index in [9.17, 15) is 9.90 Å². The molecule has 15 heavy (non-hydrogen) atoms. The van der Waals surface area contributed by atoms with Crippen LogP contribution < -0.4 is 5.73 Å². The highest BCUT2D eigenvalue weighted by molar-refractivity contribution is 5.99. The zero-order valence-electron chi connectivity index (χ0n) is 8.47. The van der Waals surface area contributed by atoms with Gasteiger partial charge in [0, 0.05) is 19.3 Å². The van der Waals surface area contributed by atoms with Gasteiger partial charge in [-0.15, -0.1) is 0 Å². The molecule has 0 radical (unpaired) electrons. The number of amides is 1. The van der Waals surface area contributed by atoms with E-state index in [1.807, 2.05) is 0 Å². The van der Waals surface area contributed by atoms with E-state index in [4.69, 9.17) is 10.8 Å². The molecule has 5 nitrogen and oxygen atoms in total. The Kier molecular flexibility index (Phi) is 3.51. The van der Waals surface area contributed by atoms with Gasteiger partial charge in [-0.2, -0.15) is 0 Å². The zero-order chi connectivity index (χ0) is 11.4. The molecule has 0 saturated heterocycles. The van der Waals surface area contributed by atoms with Crippen LogP contribution in [0.2, 0.25) is 0 Å².